The summed E-state index contributed by atoms with van der Waals surface area (Å²) in [6, 6.07) is 52.8. The van der Waals surface area contributed by atoms with Crippen LogP contribution in [0.2, 0.25) is 0 Å². The summed E-state index contributed by atoms with van der Waals surface area (Å²) in [7, 11) is 0. The summed E-state index contributed by atoms with van der Waals surface area (Å²) in [5.41, 5.74) is 4.69. The molecular weight excluding hydrogens is 560 g/mol. The Morgan fingerprint density at radius 2 is 0.783 bits per heavy atom. The zero-order chi connectivity index (χ0) is 30.5. The minimum atomic E-state index is 0.594. The fraction of sp³-hybridized carbons (Fsp3) is 0. The van der Waals surface area contributed by atoms with E-state index in [4.69, 9.17) is 19.9 Å². The average Bonchev–Trinajstić information content (AvgIpc) is 3.14. The molecular formula is C42H26N4. The Morgan fingerprint density at radius 3 is 1.41 bits per heavy atom. The Balaban J connectivity index is 1.10. The van der Waals surface area contributed by atoms with Crippen LogP contribution in [0.4, 0.5) is 0 Å². The maximum atomic E-state index is 4.87. The van der Waals surface area contributed by atoms with E-state index in [0.29, 0.717) is 17.5 Å². The highest BCUT2D eigenvalue weighted by Gasteiger charge is 2.13. The van der Waals surface area contributed by atoms with Gasteiger partial charge in [-0.05, 0) is 61.3 Å². The fourth-order valence-corrected chi connectivity index (χ4v) is 6.44. The third-order valence-electron chi connectivity index (χ3n) is 8.76. The fourth-order valence-electron chi connectivity index (χ4n) is 6.44. The lowest BCUT2D eigenvalue weighted by Gasteiger charge is -2.11. The first-order chi connectivity index (χ1) is 22.8. The molecule has 4 nitrogen and oxygen atoms in total. The first-order valence-corrected chi connectivity index (χ1v) is 15.4. The lowest BCUT2D eigenvalue weighted by atomic mass is 9.93. The third kappa shape index (κ3) is 4.47. The van der Waals surface area contributed by atoms with Gasteiger partial charge in [-0.25, -0.2) is 15.0 Å². The third-order valence-corrected chi connectivity index (χ3v) is 8.76. The van der Waals surface area contributed by atoms with Crippen LogP contribution >= 0.6 is 0 Å². The van der Waals surface area contributed by atoms with Crippen molar-refractivity contribution in [2.45, 2.75) is 0 Å². The van der Waals surface area contributed by atoms with Crippen molar-refractivity contribution >= 4 is 43.1 Å². The van der Waals surface area contributed by atoms with Crippen LogP contribution in [0.15, 0.2) is 158 Å². The van der Waals surface area contributed by atoms with Gasteiger partial charge in [0.05, 0.1) is 5.69 Å². The Bertz CT molecular complexity index is 2500. The normalized spacial score (nSPS) is 11.5. The monoisotopic (exact) mass is 586 g/mol. The number of nitrogens with zero attached hydrogens (tertiary/aromatic N) is 4. The molecule has 9 aromatic rings. The summed E-state index contributed by atoms with van der Waals surface area (Å²) in [6.45, 7) is 0. The molecule has 0 fully saturated rings. The summed E-state index contributed by atoms with van der Waals surface area (Å²) in [6.07, 6.45) is 1.86. The molecule has 2 aromatic heterocycles. The number of hydrogen-bond donors (Lipinski definition) is 0. The number of hydrogen-bond acceptors (Lipinski definition) is 4. The minimum absolute atomic E-state index is 0.594. The van der Waals surface area contributed by atoms with Gasteiger partial charge in [-0.3, -0.25) is 4.98 Å². The van der Waals surface area contributed by atoms with Crippen molar-refractivity contribution in [2.24, 2.45) is 0 Å². The van der Waals surface area contributed by atoms with Crippen molar-refractivity contribution < 1.29 is 0 Å². The summed E-state index contributed by atoms with van der Waals surface area (Å²) in [5.74, 6) is 1.87. The summed E-state index contributed by atoms with van der Waals surface area (Å²) < 4.78 is 0. The number of fused-ring (bicyclic) bond motifs is 7. The van der Waals surface area contributed by atoms with E-state index in [2.05, 4.69) is 78.9 Å². The lowest BCUT2D eigenvalue weighted by Crippen LogP contribution is -2.00. The molecule has 0 bridgehead atoms. The smallest absolute Gasteiger partial charge is 0.165 e. The second kappa shape index (κ2) is 10.7. The largest absolute Gasteiger partial charge is 0.255 e. The summed E-state index contributed by atoms with van der Waals surface area (Å²) in [4.78, 5) is 19.4. The molecule has 0 aliphatic heterocycles. The van der Waals surface area contributed by atoms with Gasteiger partial charge in [0.2, 0.25) is 0 Å². The van der Waals surface area contributed by atoms with Gasteiger partial charge in [0.25, 0.3) is 0 Å². The van der Waals surface area contributed by atoms with Crippen LogP contribution in [0.1, 0.15) is 0 Å². The van der Waals surface area contributed by atoms with Crippen molar-refractivity contribution in [3.63, 3.8) is 0 Å². The second-order valence-corrected chi connectivity index (χ2v) is 11.5. The quantitative estimate of drug-likeness (QED) is 0.193. The minimum Gasteiger partial charge on any atom is -0.255 e. The molecule has 0 aliphatic carbocycles. The lowest BCUT2D eigenvalue weighted by molar-refractivity contribution is 1.07. The number of pyridine rings is 1. The van der Waals surface area contributed by atoms with E-state index in [-0.39, 0.29) is 0 Å². The van der Waals surface area contributed by atoms with Gasteiger partial charge in [-0.15, -0.1) is 0 Å². The van der Waals surface area contributed by atoms with Gasteiger partial charge in [0.15, 0.2) is 17.5 Å². The van der Waals surface area contributed by atoms with Crippen molar-refractivity contribution in [1.82, 2.24) is 19.9 Å². The van der Waals surface area contributed by atoms with Crippen LogP contribution in [0.5, 0.6) is 0 Å². The second-order valence-electron chi connectivity index (χ2n) is 11.5. The molecule has 0 aliphatic rings. The molecule has 0 unspecified atom stereocenters. The maximum absolute atomic E-state index is 4.87. The van der Waals surface area contributed by atoms with Gasteiger partial charge in [-0.2, -0.15) is 0 Å². The number of benzene rings is 7. The molecule has 0 radical (unpaired) electrons. The van der Waals surface area contributed by atoms with Crippen LogP contribution in [-0.4, -0.2) is 19.9 Å². The Kier molecular flexibility index (Phi) is 6.10. The number of rotatable bonds is 4. The maximum Gasteiger partial charge on any atom is 0.165 e. The molecule has 2 heterocycles. The van der Waals surface area contributed by atoms with Crippen LogP contribution < -0.4 is 0 Å². The van der Waals surface area contributed by atoms with Crippen molar-refractivity contribution in [1.29, 1.82) is 0 Å². The van der Waals surface area contributed by atoms with Crippen molar-refractivity contribution in [3.05, 3.63) is 158 Å². The molecule has 0 atom stereocenters. The van der Waals surface area contributed by atoms with E-state index < -0.39 is 0 Å². The standard InChI is InChI=1S/C42H26N4/c1-3-10-28(11-4-1)40-44-41(29-12-5-2-6-13-29)46-42(45-40)32-18-24-39(43-26-32)31-17-19-34-30(25-31)16-21-38-36(34)23-22-35-33-14-8-7-9-27(33)15-20-37(35)38/h1-26H. The van der Waals surface area contributed by atoms with Gasteiger partial charge in [-0.1, -0.05) is 133 Å². The van der Waals surface area contributed by atoms with E-state index >= 15 is 0 Å². The van der Waals surface area contributed by atoms with Crippen LogP contribution in [0, 0.1) is 0 Å². The highest BCUT2D eigenvalue weighted by molar-refractivity contribution is 6.22. The molecule has 7 aromatic carbocycles. The Hall–Kier alpha value is -6.26. The van der Waals surface area contributed by atoms with Gasteiger partial charge in [0, 0.05) is 28.5 Å². The van der Waals surface area contributed by atoms with E-state index in [9.17, 15) is 0 Å². The van der Waals surface area contributed by atoms with Gasteiger partial charge in [0.1, 0.15) is 0 Å². The Morgan fingerprint density at radius 1 is 0.304 bits per heavy atom. The SMILES string of the molecule is c1ccc(-c2nc(-c3ccccc3)nc(-c3ccc(-c4ccc5c(ccc6c5ccc5c7ccccc7ccc56)c4)nc3)n2)cc1. The van der Waals surface area contributed by atoms with Crippen molar-refractivity contribution in [2.75, 3.05) is 0 Å². The molecule has 9 rings (SSSR count). The number of aromatic nitrogens is 4. The zero-order valence-corrected chi connectivity index (χ0v) is 24.8. The van der Waals surface area contributed by atoms with Crippen molar-refractivity contribution in [3.8, 4) is 45.4 Å². The zero-order valence-electron chi connectivity index (χ0n) is 24.8. The van der Waals surface area contributed by atoms with Gasteiger partial charge >= 0.3 is 0 Å². The highest BCUT2D eigenvalue weighted by atomic mass is 15.0. The van der Waals surface area contributed by atoms with Crippen LogP contribution in [-0.2, 0) is 0 Å². The van der Waals surface area contributed by atoms with Gasteiger partial charge < -0.3 is 0 Å². The molecule has 46 heavy (non-hydrogen) atoms. The molecule has 0 spiro atoms. The first-order valence-electron chi connectivity index (χ1n) is 15.4. The molecule has 0 N–H and O–H groups in total. The molecule has 0 saturated heterocycles. The van der Waals surface area contributed by atoms with Crippen LogP contribution in [0.25, 0.3) is 88.5 Å². The van der Waals surface area contributed by atoms with E-state index in [1.54, 1.807) is 0 Å². The van der Waals surface area contributed by atoms with E-state index in [0.717, 1.165) is 27.9 Å². The molecule has 0 saturated carbocycles. The topological polar surface area (TPSA) is 51.6 Å². The predicted molar refractivity (Wildman–Crippen MR) is 189 cm³/mol. The molecule has 4 heteroatoms. The molecule has 0 amide bonds. The van der Waals surface area contributed by atoms with Crippen LogP contribution in [0.3, 0.4) is 0 Å². The summed E-state index contributed by atoms with van der Waals surface area (Å²) in [5, 5.41) is 10.1. The van der Waals surface area contributed by atoms with E-state index in [1.807, 2.05) is 79.0 Å². The van der Waals surface area contributed by atoms with E-state index in [1.165, 1.54) is 43.1 Å². The predicted octanol–water partition coefficient (Wildman–Crippen LogP) is 10.5. The average molecular weight is 587 g/mol. The highest BCUT2D eigenvalue weighted by Crippen LogP contribution is 2.36. The first kappa shape index (κ1) is 26.2. The molecule has 214 valence electrons. The summed E-state index contributed by atoms with van der Waals surface area (Å²) >= 11 is 0. The Labute approximate surface area is 265 Å².